The molecular formula is C68H95N3O10. The van der Waals surface area contributed by atoms with Gasteiger partial charge in [0, 0.05) is 55.8 Å². The normalized spacial score (nSPS) is 36.5. The first-order valence-corrected chi connectivity index (χ1v) is 31.8. The average Bonchev–Trinajstić information content (AvgIpc) is 4.35. The number of phenolic OH excluding ortho intramolecular Hbond substituents is 2. The number of methoxy groups -OCH3 is 1. The minimum atomic E-state index is -0.925. The molecule has 13 nitrogen and oxygen atoms in total. The lowest BCUT2D eigenvalue weighted by molar-refractivity contribution is -0.176. The van der Waals surface area contributed by atoms with Crippen molar-refractivity contribution in [3.05, 3.63) is 76.4 Å². The molecule has 5 fully saturated rings. The second-order valence-electron chi connectivity index (χ2n) is 28.0. The zero-order valence-corrected chi connectivity index (χ0v) is 49.0. The first-order valence-electron chi connectivity index (χ1n) is 31.8. The summed E-state index contributed by atoms with van der Waals surface area (Å²) < 4.78 is 26.9. The van der Waals surface area contributed by atoms with E-state index in [1.165, 1.54) is 25.7 Å². The number of rotatable bonds is 6. The maximum atomic E-state index is 12.8. The molecule has 4 saturated carbocycles. The summed E-state index contributed by atoms with van der Waals surface area (Å²) in [7, 11) is 1.71. The number of aromatic hydroxyl groups is 2. The van der Waals surface area contributed by atoms with Crippen molar-refractivity contribution in [2.24, 2.45) is 62.5 Å². The Morgan fingerprint density at radius 1 is 0.827 bits per heavy atom. The third-order valence-corrected chi connectivity index (χ3v) is 22.9. The predicted octanol–water partition coefficient (Wildman–Crippen LogP) is 11.3. The van der Waals surface area contributed by atoms with Crippen LogP contribution in [0.15, 0.2) is 53.5 Å². The molecule has 442 valence electrons. The highest BCUT2D eigenvalue weighted by atomic mass is 16.5. The van der Waals surface area contributed by atoms with Crippen LogP contribution < -0.4 is 25.3 Å². The zero-order valence-electron chi connectivity index (χ0n) is 49.0. The number of nitrogens with one attached hydrogen (secondary N) is 1. The first-order chi connectivity index (χ1) is 39.0. The van der Waals surface area contributed by atoms with Gasteiger partial charge < -0.3 is 60.6 Å². The maximum absolute atomic E-state index is 12.8. The summed E-state index contributed by atoms with van der Waals surface area (Å²) >= 11 is 0. The van der Waals surface area contributed by atoms with Crippen LogP contribution in [-0.4, -0.2) is 100 Å². The third kappa shape index (κ3) is 10.7. The highest BCUT2D eigenvalue weighted by Crippen LogP contribution is 2.65. The van der Waals surface area contributed by atoms with Crippen molar-refractivity contribution in [2.45, 2.75) is 210 Å². The molecule has 0 radical (unpaired) electrons. The summed E-state index contributed by atoms with van der Waals surface area (Å²) in [5.74, 6) is 3.19. The number of fused-ring (bicyclic) bond motifs is 2. The summed E-state index contributed by atoms with van der Waals surface area (Å²) in [4.78, 5) is 5.24. The molecule has 0 aromatic heterocycles. The van der Waals surface area contributed by atoms with Gasteiger partial charge in [-0.3, -0.25) is 4.99 Å². The molecule has 6 aliphatic carbocycles. The van der Waals surface area contributed by atoms with Crippen molar-refractivity contribution in [3.63, 3.8) is 0 Å². The Morgan fingerprint density at radius 3 is 2.43 bits per heavy atom. The van der Waals surface area contributed by atoms with Crippen molar-refractivity contribution in [3.8, 4) is 39.9 Å². The van der Waals surface area contributed by atoms with E-state index in [9.17, 15) is 30.6 Å². The maximum Gasteiger partial charge on any atom is 0.188 e. The molecule has 14 unspecified atom stereocenters. The summed E-state index contributed by atoms with van der Waals surface area (Å²) in [6.07, 6.45) is 22.2. The Bertz CT molecular complexity index is 2830. The summed E-state index contributed by atoms with van der Waals surface area (Å²) in [5, 5.41) is 75.2. The minimum Gasteiger partial charge on any atom is -0.508 e. The van der Waals surface area contributed by atoms with E-state index in [1.807, 2.05) is 18.2 Å². The molecule has 3 spiro atoms. The van der Waals surface area contributed by atoms with Crippen LogP contribution in [0.4, 0.5) is 0 Å². The number of guanidine groups is 1. The molecule has 9 N–H and O–H groups in total. The molecule has 0 amide bonds. The molecule has 12 aliphatic rings. The van der Waals surface area contributed by atoms with E-state index in [1.54, 1.807) is 19.2 Å². The predicted molar refractivity (Wildman–Crippen MR) is 315 cm³/mol. The number of hydrogen-bond acceptors (Lipinski definition) is 13. The van der Waals surface area contributed by atoms with Crippen LogP contribution >= 0.6 is 0 Å². The van der Waals surface area contributed by atoms with Gasteiger partial charge in [0.2, 0.25) is 0 Å². The van der Waals surface area contributed by atoms with Gasteiger partial charge in [-0.05, 0) is 219 Å². The van der Waals surface area contributed by atoms with Crippen LogP contribution in [0.1, 0.15) is 189 Å². The number of phenols is 2. The molecule has 3 aromatic carbocycles. The molecule has 6 heterocycles. The number of aliphatic hydroxyl groups is 4. The molecule has 15 rings (SSSR count). The Morgan fingerprint density at radius 2 is 1.64 bits per heavy atom. The highest BCUT2D eigenvalue weighted by Gasteiger charge is 2.61. The SMILES string of the molecule is CCC1CC2C=CC1CC(O)CC1(CCCC13CCOC(C1(O)CCC4(CCCC4)C1)C3)CN=C(N)NCCC1C(CO)CCCC1Oc1cc(ccc1O)C1Oc3cc(OC)c4c(c3CC1O)C2Cc1cc(O)c(CC(C)C)cc1-4. The van der Waals surface area contributed by atoms with E-state index in [0.717, 1.165) is 123 Å². The van der Waals surface area contributed by atoms with E-state index in [2.05, 4.69) is 44.3 Å². The minimum absolute atomic E-state index is 0.0000257. The van der Waals surface area contributed by atoms with Gasteiger partial charge in [-0.15, -0.1) is 0 Å². The van der Waals surface area contributed by atoms with Crippen LogP contribution in [0.3, 0.4) is 0 Å². The van der Waals surface area contributed by atoms with E-state index in [0.29, 0.717) is 98.2 Å². The van der Waals surface area contributed by atoms with Crippen LogP contribution in [0.25, 0.3) is 11.1 Å². The Labute approximate surface area is 481 Å². The molecular weight excluding hydrogens is 1020 g/mol. The van der Waals surface area contributed by atoms with Crippen molar-refractivity contribution in [2.75, 3.05) is 33.4 Å². The van der Waals surface area contributed by atoms with E-state index >= 15 is 0 Å². The topological polar surface area (TPSA) is 209 Å². The van der Waals surface area contributed by atoms with Gasteiger partial charge >= 0.3 is 0 Å². The standard InChI is InChI=1S/C68H95N3O10/c1-5-41-27-43-13-12-42(41)28-48(73)35-67(20-9-19-66(67)23-25-79-60(36-66)68(77)22-21-65(38-68)17-6-7-18-65)39-71-64(69)70-24-16-49-45(37-72)10-8-11-56(49)80-58-32-44(14-15-53(58)74)63-55(76)33-52-57(81-63)34-59(78-4)62-51-30-47(26-40(2)3)54(75)31-46(51)29-50(43)61(52)62/h12-15,30-32,34,40-43,45,48-50,55-56,60,63,72-77H,5-11,16-29,33,35-39H2,1-4H3,(H3,69,70,71). The molecule has 13 heteroatoms. The number of benzene rings is 3. The largest absolute Gasteiger partial charge is 0.508 e. The molecule has 81 heavy (non-hydrogen) atoms. The van der Waals surface area contributed by atoms with Gasteiger partial charge in [-0.25, -0.2) is 0 Å². The number of nitrogens with zero attached hydrogens (tertiary/aromatic N) is 1. The van der Waals surface area contributed by atoms with Gasteiger partial charge in [0.1, 0.15) is 29.5 Å². The zero-order chi connectivity index (χ0) is 56.4. The number of hydrogen-bond donors (Lipinski definition) is 8. The summed E-state index contributed by atoms with van der Waals surface area (Å²) in [6.45, 7) is 8.23. The first kappa shape index (κ1) is 56.9. The van der Waals surface area contributed by atoms with Gasteiger partial charge in [0.25, 0.3) is 0 Å². The lowest BCUT2D eigenvalue weighted by Crippen LogP contribution is -2.54. The fraction of sp³-hybridized carbons (Fsp3) is 0.691. The van der Waals surface area contributed by atoms with E-state index in [-0.39, 0.29) is 70.4 Å². The van der Waals surface area contributed by atoms with Crippen LogP contribution in [0.2, 0.25) is 0 Å². The lowest BCUT2D eigenvalue weighted by atomic mass is 9.56. The fourth-order valence-electron chi connectivity index (χ4n) is 18.8. The molecule has 3 aromatic rings. The smallest absolute Gasteiger partial charge is 0.188 e. The second-order valence-corrected chi connectivity index (χ2v) is 28.0. The Hall–Kier alpha value is -4.53. The number of aliphatic hydroxyl groups excluding tert-OH is 3. The molecule has 1 saturated heterocycles. The number of allylic oxidation sites excluding steroid dienone is 2. The van der Waals surface area contributed by atoms with E-state index < -0.39 is 23.9 Å². The average molecular weight is 1110 g/mol. The van der Waals surface area contributed by atoms with Gasteiger partial charge in [-0.2, -0.15) is 0 Å². The lowest BCUT2D eigenvalue weighted by Gasteiger charge is -2.53. The van der Waals surface area contributed by atoms with Gasteiger partial charge in [0.05, 0.1) is 31.0 Å². The number of ether oxygens (including phenoxy) is 4. The van der Waals surface area contributed by atoms with E-state index in [4.69, 9.17) is 29.7 Å². The Kier molecular flexibility index (Phi) is 16.0. The van der Waals surface area contributed by atoms with Gasteiger partial charge in [0.15, 0.2) is 17.5 Å². The summed E-state index contributed by atoms with van der Waals surface area (Å²) in [5.41, 5.74) is 12.6. The van der Waals surface area contributed by atoms with Crippen molar-refractivity contribution < 1.29 is 49.6 Å². The second kappa shape index (κ2) is 22.8. The van der Waals surface area contributed by atoms with Gasteiger partial charge in [-0.1, -0.05) is 64.7 Å². The van der Waals surface area contributed by atoms with Crippen molar-refractivity contribution in [1.29, 1.82) is 0 Å². The fourth-order valence-corrected chi connectivity index (χ4v) is 18.8. The molecule has 8 bridgehead atoms. The van der Waals surface area contributed by atoms with Crippen molar-refractivity contribution in [1.82, 2.24) is 5.32 Å². The van der Waals surface area contributed by atoms with Crippen LogP contribution in [0, 0.1) is 51.8 Å². The molecule has 14 atom stereocenters. The number of nitrogens with two attached hydrogens (primary N) is 1. The quantitative estimate of drug-likeness (QED) is 0.109. The highest BCUT2D eigenvalue weighted by molar-refractivity contribution is 5.84. The summed E-state index contributed by atoms with van der Waals surface area (Å²) in [6, 6.07) is 11.4. The number of aliphatic imine (C=N–C) groups is 1. The van der Waals surface area contributed by atoms with Crippen LogP contribution in [-0.2, 0) is 24.0 Å². The molecule has 6 aliphatic heterocycles. The Balaban J connectivity index is 0.933. The third-order valence-electron chi connectivity index (χ3n) is 22.9. The van der Waals surface area contributed by atoms with Crippen molar-refractivity contribution >= 4 is 5.96 Å². The monoisotopic (exact) mass is 1110 g/mol. The van der Waals surface area contributed by atoms with Crippen LogP contribution in [0.5, 0.6) is 28.7 Å².